The summed E-state index contributed by atoms with van der Waals surface area (Å²) in [6, 6.07) is 3.02. The maximum atomic E-state index is 13.3. The predicted octanol–water partition coefficient (Wildman–Crippen LogP) is 2.20. The van der Waals surface area contributed by atoms with E-state index in [9.17, 15) is 29.2 Å². The number of carboxylic acid groups (broad SMARTS) is 1. The minimum absolute atomic E-state index is 0.0685. The summed E-state index contributed by atoms with van der Waals surface area (Å²) in [5.41, 5.74) is -0.676. The second kappa shape index (κ2) is 5.45. The van der Waals surface area contributed by atoms with E-state index < -0.39 is 40.1 Å². The van der Waals surface area contributed by atoms with Crippen LogP contribution in [0.3, 0.4) is 0 Å². The van der Waals surface area contributed by atoms with Crippen LogP contribution in [0.5, 0.6) is 0 Å². The molecule has 1 aromatic rings. The van der Waals surface area contributed by atoms with E-state index in [1.807, 2.05) is 12.2 Å². The number of fused-ring (bicyclic) bond motifs is 2. The maximum absolute atomic E-state index is 13.3. The van der Waals surface area contributed by atoms with Gasteiger partial charge in [-0.05, 0) is 30.4 Å². The Labute approximate surface area is 130 Å². The molecule has 0 aromatic heterocycles. The molecule has 120 valence electrons. The lowest BCUT2D eigenvalue weighted by molar-refractivity contribution is -0.387. The van der Waals surface area contributed by atoms with Crippen molar-refractivity contribution in [1.82, 2.24) is 0 Å². The fourth-order valence-electron chi connectivity index (χ4n) is 3.47. The topological polar surface area (TPSA) is 110 Å². The van der Waals surface area contributed by atoms with E-state index in [1.165, 1.54) is 6.07 Å². The highest BCUT2D eigenvalue weighted by atomic mass is 19.1. The Morgan fingerprint density at radius 2 is 1.91 bits per heavy atom. The molecule has 0 saturated heterocycles. The van der Waals surface area contributed by atoms with Gasteiger partial charge in [0.1, 0.15) is 0 Å². The molecule has 0 radical (unpaired) electrons. The van der Waals surface area contributed by atoms with E-state index in [0.717, 1.165) is 12.1 Å². The number of carbonyl (C=O) groups is 2. The van der Waals surface area contributed by atoms with Gasteiger partial charge in [0.15, 0.2) is 0 Å². The normalized spacial score (nSPS) is 27.9. The number of nitro groups is 1. The molecule has 2 N–H and O–H groups in total. The van der Waals surface area contributed by atoms with Crippen molar-refractivity contribution in [3.05, 3.63) is 46.3 Å². The molecule has 1 saturated carbocycles. The summed E-state index contributed by atoms with van der Waals surface area (Å²) in [7, 11) is 0. The summed E-state index contributed by atoms with van der Waals surface area (Å²) >= 11 is 0. The third kappa shape index (κ3) is 2.56. The molecule has 1 fully saturated rings. The second-order valence-corrected chi connectivity index (χ2v) is 5.75. The van der Waals surface area contributed by atoms with Crippen LogP contribution in [0.25, 0.3) is 0 Å². The van der Waals surface area contributed by atoms with Crippen LogP contribution in [0.2, 0.25) is 0 Å². The first-order valence-corrected chi connectivity index (χ1v) is 7.04. The summed E-state index contributed by atoms with van der Waals surface area (Å²) in [5.74, 6) is -4.42. The number of anilines is 1. The molecule has 8 heteroatoms. The summed E-state index contributed by atoms with van der Waals surface area (Å²) in [6.45, 7) is 0. The molecule has 1 aromatic carbocycles. The fourth-order valence-corrected chi connectivity index (χ4v) is 3.47. The maximum Gasteiger partial charge on any atom is 0.307 e. The first-order valence-electron chi connectivity index (χ1n) is 7.04. The molecule has 4 atom stereocenters. The number of amides is 1. The van der Waals surface area contributed by atoms with Crippen LogP contribution in [0.1, 0.15) is 6.42 Å². The van der Waals surface area contributed by atoms with Gasteiger partial charge in [0, 0.05) is 11.8 Å². The van der Waals surface area contributed by atoms with Gasteiger partial charge >= 0.3 is 11.7 Å². The minimum Gasteiger partial charge on any atom is -0.481 e. The molecule has 7 nitrogen and oxygen atoms in total. The Kier molecular flexibility index (Phi) is 3.59. The van der Waals surface area contributed by atoms with Crippen molar-refractivity contribution in [2.45, 2.75) is 6.42 Å². The van der Waals surface area contributed by atoms with Gasteiger partial charge in [-0.25, -0.2) is 0 Å². The first kappa shape index (κ1) is 15.1. The van der Waals surface area contributed by atoms with Crippen molar-refractivity contribution in [1.29, 1.82) is 0 Å². The van der Waals surface area contributed by atoms with Gasteiger partial charge in [0.25, 0.3) is 0 Å². The van der Waals surface area contributed by atoms with Gasteiger partial charge in [0.05, 0.1) is 16.8 Å². The molecular formula is C15H13FN2O5. The monoisotopic (exact) mass is 320 g/mol. The van der Waals surface area contributed by atoms with Gasteiger partial charge < -0.3 is 10.4 Å². The number of benzene rings is 1. The third-order valence-corrected chi connectivity index (χ3v) is 4.46. The van der Waals surface area contributed by atoms with Crippen LogP contribution >= 0.6 is 0 Å². The van der Waals surface area contributed by atoms with Gasteiger partial charge in [-0.2, -0.15) is 4.39 Å². The zero-order valence-electron chi connectivity index (χ0n) is 11.8. The van der Waals surface area contributed by atoms with E-state index in [2.05, 4.69) is 5.32 Å². The van der Waals surface area contributed by atoms with Crippen molar-refractivity contribution in [2.75, 3.05) is 5.32 Å². The molecular weight excluding hydrogens is 307 g/mol. The number of halogens is 1. The van der Waals surface area contributed by atoms with Crippen LogP contribution in [0.15, 0.2) is 30.4 Å². The summed E-state index contributed by atoms with van der Waals surface area (Å²) in [4.78, 5) is 33.7. The number of nitrogens with one attached hydrogen (secondary N) is 1. The molecule has 0 spiro atoms. The molecule has 23 heavy (non-hydrogen) atoms. The summed E-state index contributed by atoms with van der Waals surface area (Å²) in [5, 5.41) is 22.5. The Morgan fingerprint density at radius 3 is 2.52 bits per heavy atom. The van der Waals surface area contributed by atoms with Gasteiger partial charge in [0.2, 0.25) is 11.7 Å². The zero-order valence-corrected chi connectivity index (χ0v) is 11.8. The first-order chi connectivity index (χ1) is 10.9. The van der Waals surface area contributed by atoms with Crippen LogP contribution in [-0.4, -0.2) is 21.9 Å². The molecule has 0 heterocycles. The Hall–Kier alpha value is -2.77. The van der Waals surface area contributed by atoms with Gasteiger partial charge in [-0.15, -0.1) is 0 Å². The van der Waals surface area contributed by atoms with Crippen molar-refractivity contribution in [3.8, 4) is 0 Å². The number of nitrogens with zero attached hydrogens (tertiary/aromatic N) is 1. The second-order valence-electron chi connectivity index (χ2n) is 5.75. The Balaban J connectivity index is 1.82. The Morgan fingerprint density at radius 1 is 1.26 bits per heavy atom. The van der Waals surface area contributed by atoms with Crippen LogP contribution in [0.4, 0.5) is 15.8 Å². The summed E-state index contributed by atoms with van der Waals surface area (Å²) in [6.07, 6.45) is 4.26. The number of allylic oxidation sites excluding steroid dienone is 2. The average molecular weight is 320 g/mol. The minimum atomic E-state index is -1.04. The average Bonchev–Trinajstić information content (AvgIpc) is 3.09. The molecule has 2 bridgehead atoms. The molecule has 0 unspecified atom stereocenters. The lowest BCUT2D eigenvalue weighted by atomic mass is 9.82. The van der Waals surface area contributed by atoms with Crippen LogP contribution < -0.4 is 5.32 Å². The van der Waals surface area contributed by atoms with Crippen molar-refractivity contribution >= 4 is 23.3 Å². The predicted molar refractivity (Wildman–Crippen MR) is 77.0 cm³/mol. The van der Waals surface area contributed by atoms with Gasteiger partial charge in [-0.1, -0.05) is 12.2 Å². The number of hydrogen-bond donors (Lipinski definition) is 2. The van der Waals surface area contributed by atoms with E-state index in [-0.39, 0.29) is 17.5 Å². The molecule has 1 amide bonds. The molecule has 3 rings (SSSR count). The standard InChI is InChI=1S/C15H13FN2O5/c16-10-4-3-9(6-11(10)18(22)23)17-14(19)12-7-1-2-8(5-7)13(12)15(20)21/h1-4,6-8,12-13H,5H2,(H,17,19)(H,20,21)/t7-,8+,12+,13+/m0/s1. The van der Waals surface area contributed by atoms with E-state index >= 15 is 0 Å². The Bertz CT molecular complexity index is 733. The number of nitro benzene ring substituents is 1. The summed E-state index contributed by atoms with van der Waals surface area (Å²) < 4.78 is 13.3. The molecule has 0 aliphatic heterocycles. The number of carboxylic acids is 1. The van der Waals surface area contributed by atoms with Crippen molar-refractivity contribution < 1.29 is 24.0 Å². The highest BCUT2D eigenvalue weighted by molar-refractivity contribution is 5.96. The smallest absolute Gasteiger partial charge is 0.307 e. The quantitative estimate of drug-likeness (QED) is 0.502. The number of rotatable bonds is 4. The molecule has 2 aliphatic carbocycles. The van der Waals surface area contributed by atoms with E-state index in [4.69, 9.17) is 0 Å². The SMILES string of the molecule is O=C(O)[C@H]1[C@H](C(=O)Nc2ccc(F)c([N+](=O)[O-])c2)[C@H]2C=C[C@@H]1C2. The largest absolute Gasteiger partial charge is 0.481 e. The highest BCUT2D eigenvalue weighted by Crippen LogP contribution is 2.48. The number of carbonyl (C=O) groups excluding carboxylic acids is 1. The van der Waals surface area contributed by atoms with Gasteiger partial charge in [-0.3, -0.25) is 19.7 Å². The lowest BCUT2D eigenvalue weighted by Gasteiger charge is -2.23. The molecule has 2 aliphatic rings. The fraction of sp³-hybridized carbons (Fsp3) is 0.333. The highest BCUT2D eigenvalue weighted by Gasteiger charge is 2.51. The zero-order chi connectivity index (χ0) is 16.7. The van der Waals surface area contributed by atoms with Crippen molar-refractivity contribution in [3.63, 3.8) is 0 Å². The van der Waals surface area contributed by atoms with E-state index in [1.54, 1.807) is 0 Å². The third-order valence-electron chi connectivity index (χ3n) is 4.46. The van der Waals surface area contributed by atoms with Crippen LogP contribution in [0, 0.1) is 39.6 Å². The van der Waals surface area contributed by atoms with E-state index in [0.29, 0.717) is 6.42 Å². The van der Waals surface area contributed by atoms with Crippen LogP contribution in [-0.2, 0) is 9.59 Å². The lowest BCUT2D eigenvalue weighted by Crippen LogP contribution is -2.36. The number of hydrogen-bond acceptors (Lipinski definition) is 4. The number of aliphatic carboxylic acids is 1. The van der Waals surface area contributed by atoms with Crippen molar-refractivity contribution in [2.24, 2.45) is 23.7 Å².